The van der Waals surface area contributed by atoms with Gasteiger partial charge in [0.2, 0.25) is 10.0 Å². The van der Waals surface area contributed by atoms with E-state index in [9.17, 15) is 34.8 Å². The van der Waals surface area contributed by atoms with Crippen molar-refractivity contribution in [1.29, 1.82) is 0 Å². The van der Waals surface area contributed by atoms with Crippen LogP contribution in [-0.2, 0) is 10.0 Å². The second-order valence-corrected chi connectivity index (χ2v) is 7.10. The molecular weight excluding hydrogens is 376 g/mol. The summed E-state index contributed by atoms with van der Waals surface area (Å²) in [6.45, 7) is -0.380. The fraction of sp³-hybridized carbons (Fsp3) is 0.538. The van der Waals surface area contributed by atoms with Crippen molar-refractivity contribution >= 4 is 10.0 Å². The Morgan fingerprint density at radius 1 is 1.12 bits per heavy atom. The molecule has 142 valence electrons. The van der Waals surface area contributed by atoms with Crippen LogP contribution in [0, 0.1) is 17.5 Å². The third kappa shape index (κ3) is 4.63. The largest absolute Gasteiger partial charge is 0.405 e. The first-order valence-electron chi connectivity index (χ1n) is 7.18. The van der Waals surface area contributed by atoms with Crippen LogP contribution in [0.3, 0.4) is 0 Å². The Bertz CT molecular complexity index is 719. The predicted molar refractivity (Wildman–Crippen MR) is 75.8 cm³/mol. The maximum atomic E-state index is 13.6. The van der Waals surface area contributed by atoms with Crippen LogP contribution in [0.25, 0.3) is 0 Å². The molecule has 0 aliphatic carbocycles. The number of nitrogens with one attached hydrogen (secondary N) is 2. The lowest BCUT2D eigenvalue weighted by atomic mass is 10.2. The zero-order chi connectivity index (χ0) is 18.8. The molecule has 2 rings (SSSR count). The minimum Gasteiger partial charge on any atom is -0.314 e. The van der Waals surface area contributed by atoms with Crippen molar-refractivity contribution in [1.82, 2.24) is 14.9 Å². The van der Waals surface area contributed by atoms with Crippen molar-refractivity contribution < 1.29 is 34.8 Å². The van der Waals surface area contributed by atoms with E-state index in [0.717, 1.165) is 4.90 Å². The third-order valence-electron chi connectivity index (χ3n) is 3.73. The molecule has 12 heteroatoms. The van der Waals surface area contributed by atoms with Gasteiger partial charge in [0.25, 0.3) is 0 Å². The van der Waals surface area contributed by atoms with Gasteiger partial charge >= 0.3 is 6.18 Å². The molecule has 0 radical (unpaired) electrons. The van der Waals surface area contributed by atoms with Gasteiger partial charge in [-0.2, -0.15) is 13.2 Å². The molecule has 5 nitrogen and oxygen atoms in total. The first-order valence-corrected chi connectivity index (χ1v) is 8.67. The fourth-order valence-corrected chi connectivity index (χ4v) is 3.53. The SMILES string of the molecule is O=S(=O)(NCC(N1CCNCC1)C(F)(F)F)c1ccc(F)c(F)c1F. The molecule has 0 amide bonds. The Labute approximate surface area is 140 Å². The van der Waals surface area contributed by atoms with Crippen LogP contribution in [0.1, 0.15) is 0 Å². The summed E-state index contributed by atoms with van der Waals surface area (Å²) in [4.78, 5) is -0.215. The number of rotatable bonds is 5. The Hall–Kier alpha value is -1.37. The zero-order valence-electron chi connectivity index (χ0n) is 12.7. The Morgan fingerprint density at radius 3 is 2.28 bits per heavy atom. The van der Waals surface area contributed by atoms with Crippen LogP contribution >= 0.6 is 0 Å². The molecule has 25 heavy (non-hydrogen) atoms. The summed E-state index contributed by atoms with van der Waals surface area (Å²) in [6.07, 6.45) is -4.73. The number of piperazine rings is 1. The van der Waals surface area contributed by atoms with E-state index in [0.29, 0.717) is 25.2 Å². The summed E-state index contributed by atoms with van der Waals surface area (Å²) >= 11 is 0. The Balaban J connectivity index is 2.20. The summed E-state index contributed by atoms with van der Waals surface area (Å²) in [5.41, 5.74) is 0. The smallest absolute Gasteiger partial charge is 0.314 e. The van der Waals surface area contributed by atoms with Crippen molar-refractivity contribution in [2.24, 2.45) is 0 Å². The molecular formula is C13H15F6N3O2S. The van der Waals surface area contributed by atoms with Crippen LogP contribution in [0.4, 0.5) is 26.3 Å². The van der Waals surface area contributed by atoms with Gasteiger partial charge in [0, 0.05) is 32.7 Å². The molecule has 0 aromatic heterocycles. The van der Waals surface area contributed by atoms with Crippen LogP contribution in [0.15, 0.2) is 17.0 Å². The van der Waals surface area contributed by atoms with E-state index in [2.05, 4.69) is 5.32 Å². The molecule has 0 spiro atoms. The van der Waals surface area contributed by atoms with Gasteiger partial charge in [-0.1, -0.05) is 0 Å². The number of benzene rings is 1. The number of nitrogens with zero attached hydrogens (tertiary/aromatic N) is 1. The molecule has 1 aromatic carbocycles. The van der Waals surface area contributed by atoms with Crippen LogP contribution in [0.5, 0.6) is 0 Å². The minimum absolute atomic E-state index is 0.0471. The summed E-state index contributed by atoms with van der Waals surface area (Å²) < 4.78 is 105. The number of hydrogen-bond donors (Lipinski definition) is 2. The highest BCUT2D eigenvalue weighted by Gasteiger charge is 2.44. The molecule has 0 saturated carbocycles. The average molecular weight is 391 g/mol. The van der Waals surface area contributed by atoms with Gasteiger partial charge in [-0.3, -0.25) is 4.90 Å². The van der Waals surface area contributed by atoms with Crippen molar-refractivity contribution in [2.45, 2.75) is 17.1 Å². The van der Waals surface area contributed by atoms with Gasteiger partial charge in [-0.15, -0.1) is 0 Å². The summed E-state index contributed by atoms with van der Waals surface area (Å²) in [6, 6.07) is -1.30. The second-order valence-electron chi connectivity index (χ2n) is 5.37. The highest BCUT2D eigenvalue weighted by Crippen LogP contribution is 2.26. The average Bonchev–Trinajstić information content (AvgIpc) is 2.52. The van der Waals surface area contributed by atoms with E-state index >= 15 is 0 Å². The minimum atomic E-state index is -4.80. The van der Waals surface area contributed by atoms with E-state index in [1.54, 1.807) is 4.72 Å². The molecule has 2 N–H and O–H groups in total. The van der Waals surface area contributed by atoms with Crippen LogP contribution < -0.4 is 10.0 Å². The van der Waals surface area contributed by atoms with E-state index in [4.69, 9.17) is 0 Å². The van der Waals surface area contributed by atoms with Gasteiger partial charge in [0.15, 0.2) is 17.5 Å². The summed E-state index contributed by atoms with van der Waals surface area (Å²) in [5.74, 6) is -5.61. The molecule has 1 heterocycles. The van der Waals surface area contributed by atoms with Crippen molar-refractivity contribution in [3.8, 4) is 0 Å². The molecule has 0 bridgehead atoms. The Kier molecular flexibility index (Phi) is 5.97. The molecule has 1 aromatic rings. The van der Waals surface area contributed by atoms with E-state index in [-0.39, 0.29) is 13.1 Å². The Morgan fingerprint density at radius 2 is 1.72 bits per heavy atom. The maximum absolute atomic E-state index is 13.6. The van der Waals surface area contributed by atoms with Crippen molar-refractivity contribution in [2.75, 3.05) is 32.7 Å². The van der Waals surface area contributed by atoms with Gasteiger partial charge in [-0.25, -0.2) is 26.3 Å². The van der Waals surface area contributed by atoms with E-state index in [1.165, 1.54) is 0 Å². The second kappa shape index (κ2) is 7.48. The van der Waals surface area contributed by atoms with Gasteiger partial charge in [0.05, 0.1) is 0 Å². The number of hydrogen-bond acceptors (Lipinski definition) is 4. The summed E-state index contributed by atoms with van der Waals surface area (Å²) in [5, 5.41) is 2.86. The quantitative estimate of drug-likeness (QED) is 0.586. The molecule has 1 unspecified atom stereocenters. The molecule has 1 aliphatic rings. The lowest BCUT2D eigenvalue weighted by Gasteiger charge is -2.35. The predicted octanol–water partition coefficient (Wildman–Crippen LogP) is 1.22. The number of sulfonamides is 1. The third-order valence-corrected chi connectivity index (χ3v) is 5.17. The molecule has 1 aliphatic heterocycles. The van der Waals surface area contributed by atoms with E-state index in [1.807, 2.05) is 0 Å². The van der Waals surface area contributed by atoms with E-state index < -0.39 is 51.1 Å². The van der Waals surface area contributed by atoms with Crippen LogP contribution in [0.2, 0.25) is 0 Å². The first-order chi connectivity index (χ1) is 11.5. The van der Waals surface area contributed by atoms with Gasteiger partial charge < -0.3 is 5.32 Å². The lowest BCUT2D eigenvalue weighted by molar-refractivity contribution is -0.182. The van der Waals surface area contributed by atoms with Crippen LogP contribution in [-0.4, -0.2) is 58.3 Å². The van der Waals surface area contributed by atoms with Crippen molar-refractivity contribution in [3.05, 3.63) is 29.6 Å². The first kappa shape index (κ1) is 19.9. The number of alkyl halides is 3. The maximum Gasteiger partial charge on any atom is 0.405 e. The monoisotopic (exact) mass is 391 g/mol. The highest BCUT2D eigenvalue weighted by molar-refractivity contribution is 7.89. The summed E-state index contributed by atoms with van der Waals surface area (Å²) in [7, 11) is -4.80. The fourth-order valence-electron chi connectivity index (χ4n) is 2.43. The standard InChI is InChI=1S/C13H15F6N3O2S/c14-8-1-2-9(12(16)11(8)15)25(23,24)21-7-10(13(17,18)19)22-5-3-20-4-6-22/h1-2,10,20-21H,3-7H2. The topological polar surface area (TPSA) is 61.4 Å². The van der Waals surface area contributed by atoms with Gasteiger partial charge in [-0.05, 0) is 12.1 Å². The molecule has 1 saturated heterocycles. The normalized spacial score (nSPS) is 18.3. The zero-order valence-corrected chi connectivity index (χ0v) is 13.5. The molecule has 1 atom stereocenters. The number of halogens is 6. The van der Waals surface area contributed by atoms with Crippen molar-refractivity contribution in [3.63, 3.8) is 0 Å². The lowest BCUT2D eigenvalue weighted by Crippen LogP contribution is -2.57. The highest BCUT2D eigenvalue weighted by atomic mass is 32.2. The van der Waals surface area contributed by atoms with Gasteiger partial charge in [0.1, 0.15) is 10.9 Å². The molecule has 1 fully saturated rings.